The van der Waals surface area contributed by atoms with Crippen molar-refractivity contribution in [2.45, 2.75) is 6.92 Å². The van der Waals surface area contributed by atoms with Gasteiger partial charge in [0.25, 0.3) is 5.91 Å². The van der Waals surface area contributed by atoms with E-state index in [9.17, 15) is 14.0 Å². The molecule has 0 radical (unpaired) electrons. The second kappa shape index (κ2) is 6.38. The van der Waals surface area contributed by atoms with Crippen LogP contribution in [0.3, 0.4) is 0 Å². The number of carboxylic acids is 1. The molecule has 0 bridgehead atoms. The fourth-order valence-electron chi connectivity index (χ4n) is 1.96. The minimum Gasteiger partial charge on any atom is -0.481 e. The van der Waals surface area contributed by atoms with Crippen molar-refractivity contribution < 1.29 is 23.5 Å². The molecule has 7 heteroatoms. The summed E-state index contributed by atoms with van der Waals surface area (Å²) in [5.41, 5.74) is 0.577. The summed E-state index contributed by atoms with van der Waals surface area (Å²) in [5, 5.41) is 8.89. The monoisotopic (exact) mass is 306 g/mol. The van der Waals surface area contributed by atoms with Crippen LogP contribution in [-0.4, -0.2) is 40.5 Å². The van der Waals surface area contributed by atoms with Gasteiger partial charge in [0.2, 0.25) is 0 Å². The van der Waals surface area contributed by atoms with Crippen LogP contribution in [0.4, 0.5) is 4.39 Å². The van der Waals surface area contributed by atoms with Crippen LogP contribution < -0.4 is 0 Å². The third kappa shape index (κ3) is 3.30. The maximum atomic E-state index is 13.0. The molecule has 0 saturated heterocycles. The Balaban J connectivity index is 2.23. The number of aliphatic carboxylic acids is 1. The Kier molecular flexibility index (Phi) is 4.55. The highest BCUT2D eigenvalue weighted by Gasteiger charge is 2.24. The number of carbonyl (C=O) groups is 2. The van der Waals surface area contributed by atoms with Crippen molar-refractivity contribution in [3.8, 4) is 11.3 Å². The lowest BCUT2D eigenvalue weighted by atomic mass is 10.1. The summed E-state index contributed by atoms with van der Waals surface area (Å²) in [7, 11) is 1.49. The molecule has 6 nitrogen and oxygen atoms in total. The lowest BCUT2D eigenvalue weighted by Crippen LogP contribution is -2.34. The Labute approximate surface area is 126 Å². The molecule has 1 unspecified atom stereocenters. The minimum atomic E-state index is -0.987. The van der Waals surface area contributed by atoms with E-state index < -0.39 is 23.6 Å². The predicted molar refractivity (Wildman–Crippen MR) is 75.7 cm³/mol. The Bertz CT molecular complexity index is 681. The number of halogens is 1. The SMILES string of the molecule is CC(CN(C)C(=O)c1ncoc1-c1ccc(F)cc1)C(=O)O. The average molecular weight is 306 g/mol. The fourth-order valence-corrected chi connectivity index (χ4v) is 1.96. The van der Waals surface area contributed by atoms with Crippen LogP contribution in [-0.2, 0) is 4.79 Å². The van der Waals surface area contributed by atoms with Crippen molar-refractivity contribution in [2.75, 3.05) is 13.6 Å². The number of amides is 1. The van der Waals surface area contributed by atoms with E-state index in [-0.39, 0.29) is 18.0 Å². The summed E-state index contributed by atoms with van der Waals surface area (Å²) < 4.78 is 18.2. The van der Waals surface area contributed by atoms with Crippen LogP contribution in [0.15, 0.2) is 35.1 Å². The molecule has 1 heterocycles. The summed E-state index contributed by atoms with van der Waals surface area (Å²) in [6.45, 7) is 1.56. The zero-order valence-electron chi connectivity index (χ0n) is 12.1. The molecule has 22 heavy (non-hydrogen) atoms. The second-order valence-corrected chi connectivity index (χ2v) is 4.96. The standard InChI is InChI=1S/C15H15FN2O4/c1-9(15(20)21)7-18(2)14(19)12-13(22-8-17-12)10-3-5-11(16)6-4-10/h3-6,8-9H,7H2,1-2H3,(H,20,21). The number of oxazole rings is 1. The van der Waals surface area contributed by atoms with Crippen LogP contribution in [0, 0.1) is 11.7 Å². The van der Waals surface area contributed by atoms with E-state index in [1.54, 1.807) is 0 Å². The van der Waals surface area contributed by atoms with Gasteiger partial charge < -0.3 is 14.4 Å². The number of carboxylic acid groups (broad SMARTS) is 1. The molecule has 0 aliphatic rings. The first-order chi connectivity index (χ1) is 10.4. The molecule has 1 aromatic carbocycles. The van der Waals surface area contributed by atoms with E-state index in [0.717, 1.165) is 6.39 Å². The van der Waals surface area contributed by atoms with Gasteiger partial charge in [-0.2, -0.15) is 0 Å². The lowest BCUT2D eigenvalue weighted by molar-refractivity contribution is -0.141. The largest absolute Gasteiger partial charge is 0.481 e. The second-order valence-electron chi connectivity index (χ2n) is 4.96. The van der Waals surface area contributed by atoms with Gasteiger partial charge in [-0.15, -0.1) is 0 Å². The first-order valence-corrected chi connectivity index (χ1v) is 6.58. The normalized spacial score (nSPS) is 12.0. The van der Waals surface area contributed by atoms with Crippen LogP contribution in [0.1, 0.15) is 17.4 Å². The smallest absolute Gasteiger partial charge is 0.308 e. The van der Waals surface area contributed by atoms with Gasteiger partial charge in [0.05, 0.1) is 5.92 Å². The number of hydrogen-bond acceptors (Lipinski definition) is 4. The highest BCUT2D eigenvalue weighted by Crippen LogP contribution is 2.24. The molecule has 1 aromatic heterocycles. The van der Waals surface area contributed by atoms with Crippen molar-refractivity contribution in [3.05, 3.63) is 42.2 Å². The molecular weight excluding hydrogens is 291 g/mol. The van der Waals surface area contributed by atoms with Gasteiger partial charge in [-0.05, 0) is 24.3 Å². The third-order valence-electron chi connectivity index (χ3n) is 3.19. The van der Waals surface area contributed by atoms with Crippen LogP contribution in [0.25, 0.3) is 11.3 Å². The molecule has 0 fully saturated rings. The van der Waals surface area contributed by atoms with Gasteiger partial charge in [0.1, 0.15) is 5.82 Å². The maximum Gasteiger partial charge on any atom is 0.308 e. The van der Waals surface area contributed by atoms with Gasteiger partial charge in [-0.1, -0.05) is 6.92 Å². The van der Waals surface area contributed by atoms with E-state index >= 15 is 0 Å². The highest BCUT2D eigenvalue weighted by molar-refractivity contribution is 5.97. The molecule has 0 aliphatic carbocycles. The fraction of sp³-hybridized carbons (Fsp3) is 0.267. The van der Waals surface area contributed by atoms with E-state index in [4.69, 9.17) is 9.52 Å². The van der Waals surface area contributed by atoms with E-state index in [1.807, 2.05) is 0 Å². The molecule has 2 rings (SSSR count). The first kappa shape index (κ1) is 15.7. The number of hydrogen-bond donors (Lipinski definition) is 1. The van der Waals surface area contributed by atoms with Crippen molar-refractivity contribution in [1.29, 1.82) is 0 Å². The first-order valence-electron chi connectivity index (χ1n) is 6.58. The van der Waals surface area contributed by atoms with Crippen molar-refractivity contribution in [1.82, 2.24) is 9.88 Å². The molecule has 0 saturated carbocycles. The molecule has 1 amide bonds. The van der Waals surface area contributed by atoms with E-state index in [1.165, 1.54) is 43.1 Å². The molecule has 1 N–H and O–H groups in total. The van der Waals surface area contributed by atoms with E-state index in [2.05, 4.69) is 4.98 Å². The van der Waals surface area contributed by atoms with Crippen LogP contribution in [0.2, 0.25) is 0 Å². The Hall–Kier alpha value is -2.70. The molecule has 2 aromatic rings. The molecule has 0 aliphatic heterocycles. The zero-order valence-corrected chi connectivity index (χ0v) is 12.1. The Morgan fingerprint density at radius 3 is 2.59 bits per heavy atom. The Morgan fingerprint density at radius 1 is 1.36 bits per heavy atom. The topological polar surface area (TPSA) is 83.6 Å². The molecule has 0 spiro atoms. The van der Waals surface area contributed by atoms with Crippen molar-refractivity contribution >= 4 is 11.9 Å². The number of nitrogens with zero attached hydrogens (tertiary/aromatic N) is 2. The van der Waals surface area contributed by atoms with Gasteiger partial charge >= 0.3 is 5.97 Å². The average Bonchev–Trinajstić information content (AvgIpc) is 2.96. The van der Waals surface area contributed by atoms with Gasteiger partial charge in [-0.3, -0.25) is 9.59 Å². The lowest BCUT2D eigenvalue weighted by Gasteiger charge is -2.18. The summed E-state index contributed by atoms with van der Waals surface area (Å²) in [6, 6.07) is 5.46. The van der Waals surface area contributed by atoms with Crippen LogP contribution in [0.5, 0.6) is 0 Å². The van der Waals surface area contributed by atoms with Gasteiger partial charge in [0.15, 0.2) is 17.8 Å². The van der Waals surface area contributed by atoms with Crippen molar-refractivity contribution in [2.24, 2.45) is 5.92 Å². The summed E-state index contributed by atoms with van der Waals surface area (Å²) in [6.07, 6.45) is 1.13. The summed E-state index contributed by atoms with van der Waals surface area (Å²) in [5.74, 6) is -2.32. The minimum absolute atomic E-state index is 0.0455. The van der Waals surface area contributed by atoms with Crippen LogP contribution >= 0.6 is 0 Å². The zero-order chi connectivity index (χ0) is 16.3. The molecular formula is C15H15FN2O4. The third-order valence-corrected chi connectivity index (χ3v) is 3.19. The number of carbonyl (C=O) groups excluding carboxylic acids is 1. The van der Waals surface area contributed by atoms with Gasteiger partial charge in [0, 0.05) is 19.2 Å². The summed E-state index contributed by atoms with van der Waals surface area (Å²) >= 11 is 0. The number of benzene rings is 1. The maximum absolute atomic E-state index is 13.0. The number of rotatable bonds is 5. The van der Waals surface area contributed by atoms with E-state index in [0.29, 0.717) is 5.56 Å². The van der Waals surface area contributed by atoms with Crippen molar-refractivity contribution in [3.63, 3.8) is 0 Å². The predicted octanol–water partition coefficient (Wildman–Crippen LogP) is 2.27. The number of aromatic nitrogens is 1. The molecule has 116 valence electrons. The Morgan fingerprint density at radius 2 is 2.00 bits per heavy atom. The molecule has 1 atom stereocenters. The quantitative estimate of drug-likeness (QED) is 0.916. The summed E-state index contributed by atoms with van der Waals surface area (Å²) in [4.78, 5) is 28.4. The highest BCUT2D eigenvalue weighted by atomic mass is 19.1. The van der Waals surface area contributed by atoms with Gasteiger partial charge in [-0.25, -0.2) is 9.37 Å².